The molecule has 8 aromatic rings. The molecule has 21 heteroatoms. The number of likely N-dealkylation sites (tertiary alicyclic amines) is 2. The zero-order chi connectivity index (χ0) is 55.2. The maximum absolute atomic E-state index is 12.4. The highest BCUT2D eigenvalue weighted by Crippen LogP contribution is 2.45. The number of methoxy groups -OCH3 is 2. The number of aromatic nitrogens is 7. The van der Waals surface area contributed by atoms with Crippen LogP contribution in [0.3, 0.4) is 0 Å². The third-order valence-corrected chi connectivity index (χ3v) is 15.6. The molecule has 3 saturated heterocycles. The molecule has 3 fully saturated rings. The molecule has 1 spiro atoms. The second kappa shape index (κ2) is 23.8. The van der Waals surface area contributed by atoms with E-state index in [0.29, 0.717) is 67.6 Å². The van der Waals surface area contributed by atoms with Gasteiger partial charge in [0.05, 0.1) is 93.9 Å². The highest BCUT2D eigenvalue weighted by atomic mass is 35.5. The highest BCUT2D eigenvalue weighted by molar-refractivity contribution is 6.33. The second-order valence-electron chi connectivity index (χ2n) is 19.8. The SMILES string of the molecule is C=CC(=O)Nc1cc(Nc2ncc(Cl)c(-c3c[nH]c4ccccc34)n2)c(OC)cc1N(C)CCN1CCCC1.C=CC(=O)Nc1cc(Nc2ncc(Cl)c(-c3cnn4ccccc34)n2)c(OC)cc1N1CCC2(CCCN2C)C1. The van der Waals surface area contributed by atoms with E-state index in [2.05, 4.69) is 81.1 Å². The average Bonchev–Trinajstić information content (AvgIpc) is 4.48. The van der Waals surface area contributed by atoms with Crippen molar-refractivity contribution in [2.75, 3.05) is 105 Å². The molecule has 0 aliphatic carbocycles. The molecule has 3 aliphatic heterocycles. The number of fused-ring (bicyclic) bond motifs is 2. The minimum absolute atomic E-state index is 0.162. The van der Waals surface area contributed by atoms with Gasteiger partial charge in [-0.25, -0.2) is 24.5 Å². The molecule has 1 atom stereocenters. The Kier molecular flexibility index (Phi) is 16.3. The van der Waals surface area contributed by atoms with Gasteiger partial charge in [0.1, 0.15) is 11.5 Å². The fourth-order valence-corrected chi connectivity index (χ4v) is 11.1. The molecule has 5 N–H and O–H groups in total. The molecule has 79 heavy (non-hydrogen) atoms. The van der Waals surface area contributed by atoms with Crippen LogP contribution in [-0.2, 0) is 9.59 Å². The number of H-pyrrole nitrogens is 1. The topological polar surface area (TPSA) is 198 Å². The van der Waals surface area contributed by atoms with Crippen molar-refractivity contribution >= 4 is 97.5 Å². The van der Waals surface area contributed by atoms with Gasteiger partial charge in [-0.3, -0.25) is 14.5 Å². The van der Waals surface area contributed by atoms with E-state index >= 15 is 0 Å². The lowest BCUT2D eigenvalue weighted by molar-refractivity contribution is -0.112. The highest BCUT2D eigenvalue weighted by Gasteiger charge is 2.44. The van der Waals surface area contributed by atoms with Crippen LogP contribution in [0.4, 0.5) is 46.0 Å². The van der Waals surface area contributed by atoms with Crippen molar-refractivity contribution in [3.05, 3.63) is 133 Å². The number of anilines is 8. The van der Waals surface area contributed by atoms with Crippen LogP contribution in [0.25, 0.3) is 38.9 Å². The first kappa shape index (κ1) is 54.1. The van der Waals surface area contributed by atoms with E-state index in [9.17, 15) is 9.59 Å². The Morgan fingerprint density at radius 3 is 2.09 bits per heavy atom. The number of amides is 2. The van der Waals surface area contributed by atoms with E-state index < -0.39 is 0 Å². The summed E-state index contributed by atoms with van der Waals surface area (Å²) >= 11 is 13.0. The number of carbonyl (C=O) groups excluding carboxylic acids is 2. The number of nitrogens with one attached hydrogen (secondary N) is 5. The number of hydrogen-bond donors (Lipinski definition) is 5. The zero-order valence-electron chi connectivity index (χ0n) is 44.7. The van der Waals surface area contributed by atoms with Crippen molar-refractivity contribution in [2.45, 2.75) is 37.6 Å². The average molecular weight is 1110 g/mol. The summed E-state index contributed by atoms with van der Waals surface area (Å²) < 4.78 is 13.3. The minimum Gasteiger partial charge on any atom is -0.494 e. The van der Waals surface area contributed by atoms with Gasteiger partial charge in [0.15, 0.2) is 0 Å². The summed E-state index contributed by atoms with van der Waals surface area (Å²) in [6.07, 6.45) is 17.1. The van der Waals surface area contributed by atoms with E-state index in [-0.39, 0.29) is 17.4 Å². The molecular formula is C58H63Cl2N15O4. The maximum atomic E-state index is 12.4. The lowest BCUT2D eigenvalue weighted by atomic mass is 9.96. The molecule has 19 nitrogen and oxygen atoms in total. The summed E-state index contributed by atoms with van der Waals surface area (Å²) in [6, 6.07) is 21.3. The summed E-state index contributed by atoms with van der Waals surface area (Å²) in [6.45, 7) is 14.1. The number of likely N-dealkylation sites (N-methyl/N-ethyl adjacent to an activating group) is 2. The number of para-hydroxylation sites is 1. The molecule has 2 amide bonds. The number of pyridine rings is 1. The Hall–Kier alpha value is -8.23. The van der Waals surface area contributed by atoms with Gasteiger partial charge in [-0.1, -0.05) is 60.6 Å². The van der Waals surface area contributed by atoms with Gasteiger partial charge in [-0.05, 0) is 101 Å². The van der Waals surface area contributed by atoms with E-state index in [4.69, 9.17) is 42.6 Å². The predicted molar refractivity (Wildman–Crippen MR) is 316 cm³/mol. The van der Waals surface area contributed by atoms with E-state index in [1.165, 1.54) is 37.8 Å². The second-order valence-corrected chi connectivity index (χ2v) is 20.6. The Morgan fingerprint density at radius 1 is 0.772 bits per heavy atom. The van der Waals surface area contributed by atoms with E-state index in [1.807, 2.05) is 86.2 Å². The lowest BCUT2D eigenvalue weighted by Crippen LogP contribution is -2.43. The number of nitrogens with zero attached hydrogens (tertiary/aromatic N) is 10. The molecule has 0 saturated carbocycles. The first-order chi connectivity index (χ1) is 38.4. The van der Waals surface area contributed by atoms with Crippen LogP contribution in [0.1, 0.15) is 32.1 Å². The van der Waals surface area contributed by atoms with Gasteiger partial charge >= 0.3 is 0 Å². The van der Waals surface area contributed by atoms with Crippen LogP contribution < -0.4 is 40.5 Å². The number of carbonyl (C=O) groups is 2. The van der Waals surface area contributed by atoms with Crippen molar-refractivity contribution in [3.8, 4) is 34.0 Å². The number of rotatable bonds is 17. The minimum atomic E-state index is -0.301. The standard InChI is InChI=1S/C29H31ClN8O2.C29H32ClN7O2/c1-4-26(39)33-21-14-22(25(40-3)15-24(21)37-13-10-29(18-37)9-7-11-36(29)2)34-28-31-17-20(30)27(35-28)19-16-32-38-12-6-5-8-23(19)38;1-4-27(38)33-23-15-24(26(39-3)16-25(23)36(2)13-14-37-11-7-8-12-37)34-29-32-18-21(30)28(35-29)20-17-31-22-10-6-5-9-19(20)22/h4-6,8,12,14-17H,1,7,9-11,13,18H2,2-3H3,(H,33,39)(H,31,34,35);4-6,9-10,15-18,31H,1,7-8,11-14H2,2-3H3,(H,33,38)(H,32,34,35). The molecule has 3 aromatic carbocycles. The number of ether oxygens (including phenoxy) is 2. The maximum Gasteiger partial charge on any atom is 0.247 e. The largest absolute Gasteiger partial charge is 0.494 e. The molecule has 408 valence electrons. The lowest BCUT2D eigenvalue weighted by Gasteiger charge is -2.33. The quantitative estimate of drug-likeness (QED) is 0.0539. The molecule has 1 unspecified atom stereocenters. The van der Waals surface area contributed by atoms with E-state index in [1.54, 1.807) is 37.3 Å². The predicted octanol–water partition coefficient (Wildman–Crippen LogP) is 10.7. The van der Waals surface area contributed by atoms with Crippen molar-refractivity contribution in [2.24, 2.45) is 0 Å². The first-order valence-corrected chi connectivity index (χ1v) is 26.9. The molecule has 3 aliphatic rings. The van der Waals surface area contributed by atoms with Crippen LogP contribution in [0.2, 0.25) is 10.0 Å². The zero-order valence-corrected chi connectivity index (χ0v) is 46.2. The normalized spacial score (nSPS) is 16.2. The Labute approximate surface area is 468 Å². The van der Waals surface area contributed by atoms with Crippen LogP contribution in [0.15, 0.2) is 123 Å². The third-order valence-electron chi connectivity index (χ3n) is 15.0. The first-order valence-electron chi connectivity index (χ1n) is 26.2. The van der Waals surface area contributed by atoms with Gasteiger partial charge in [0.25, 0.3) is 0 Å². The molecule has 0 bridgehead atoms. The van der Waals surface area contributed by atoms with Gasteiger partial charge in [-0.2, -0.15) is 5.10 Å². The molecule has 0 radical (unpaired) electrons. The Morgan fingerprint density at radius 2 is 1.42 bits per heavy atom. The van der Waals surface area contributed by atoms with Crippen LogP contribution in [-0.4, -0.2) is 136 Å². The molecule has 8 heterocycles. The van der Waals surface area contributed by atoms with Gasteiger partial charge < -0.3 is 50.4 Å². The van der Waals surface area contributed by atoms with Crippen LogP contribution in [0.5, 0.6) is 11.5 Å². The van der Waals surface area contributed by atoms with E-state index in [0.717, 1.165) is 91.2 Å². The number of aromatic amines is 1. The van der Waals surface area contributed by atoms with Crippen molar-refractivity contribution in [3.63, 3.8) is 0 Å². The summed E-state index contributed by atoms with van der Waals surface area (Å²) in [4.78, 5) is 55.6. The third kappa shape index (κ3) is 11.7. The summed E-state index contributed by atoms with van der Waals surface area (Å²) in [5.74, 6) is 1.26. The monoisotopic (exact) mass is 1100 g/mol. The van der Waals surface area contributed by atoms with Gasteiger partial charge in [0.2, 0.25) is 23.7 Å². The Balaban J connectivity index is 0.000000178. The number of hydrogen-bond acceptors (Lipinski definition) is 15. The van der Waals surface area contributed by atoms with Gasteiger partial charge in [-0.15, -0.1) is 0 Å². The summed E-state index contributed by atoms with van der Waals surface area (Å²) in [5, 5.41) is 18.7. The number of benzene rings is 3. The summed E-state index contributed by atoms with van der Waals surface area (Å²) in [7, 11) is 7.45. The number of halogens is 2. The van der Waals surface area contributed by atoms with Crippen LogP contribution in [0, 0.1) is 0 Å². The van der Waals surface area contributed by atoms with Crippen molar-refractivity contribution < 1.29 is 19.1 Å². The fourth-order valence-electron chi connectivity index (χ4n) is 10.7. The van der Waals surface area contributed by atoms with Crippen molar-refractivity contribution in [1.29, 1.82) is 0 Å². The fraction of sp³-hybridized carbons (Fsp3) is 0.293. The van der Waals surface area contributed by atoms with Crippen LogP contribution >= 0.6 is 23.2 Å². The summed E-state index contributed by atoms with van der Waals surface area (Å²) in [5.41, 5.74) is 9.07. The molecule has 5 aromatic heterocycles. The smallest absolute Gasteiger partial charge is 0.247 e. The van der Waals surface area contributed by atoms with Gasteiger partial charge in [0, 0.05) is 85.3 Å². The molecular weight excluding hydrogens is 1040 g/mol. The molecule has 11 rings (SSSR count). The Bertz CT molecular complexity index is 3560. The van der Waals surface area contributed by atoms with Crippen molar-refractivity contribution in [1.82, 2.24) is 44.3 Å².